The molecule has 0 radical (unpaired) electrons. The fourth-order valence-corrected chi connectivity index (χ4v) is 6.99. The molecule has 23 heteroatoms. The summed E-state index contributed by atoms with van der Waals surface area (Å²) >= 11 is 0. The van der Waals surface area contributed by atoms with Gasteiger partial charge in [0.25, 0.3) is 0 Å². The van der Waals surface area contributed by atoms with E-state index < -0.39 is 36.7 Å². The van der Waals surface area contributed by atoms with Gasteiger partial charge in [-0.3, -0.25) is 9.88 Å². The van der Waals surface area contributed by atoms with Crippen molar-refractivity contribution in [3.8, 4) is 0 Å². The largest absolute Gasteiger partial charge is 0.447 e. The van der Waals surface area contributed by atoms with Crippen LogP contribution in [0.5, 0.6) is 0 Å². The molecule has 66 heavy (non-hydrogen) atoms. The van der Waals surface area contributed by atoms with Crippen LogP contribution in [0.2, 0.25) is 0 Å². The third kappa shape index (κ3) is 25.8. The molecular weight excluding hydrogens is 851 g/mol. The predicted molar refractivity (Wildman–Crippen MR) is 258 cm³/mol. The van der Waals surface area contributed by atoms with Gasteiger partial charge in [0.05, 0.1) is 6.33 Å². The maximum atomic E-state index is 13.0. The molecule has 1 aliphatic heterocycles. The number of imidazole rings is 1. The summed E-state index contributed by atoms with van der Waals surface area (Å²) in [5.41, 5.74) is 17.3. The van der Waals surface area contributed by atoms with Crippen LogP contribution in [0.4, 0.5) is 20.2 Å². The van der Waals surface area contributed by atoms with Crippen LogP contribution >= 0.6 is 0 Å². The minimum Gasteiger partial charge on any atom is -0.447 e. The number of carbonyl (C=O) groups excluding carboxylic acids is 3. The van der Waals surface area contributed by atoms with E-state index in [-0.39, 0.29) is 18.8 Å². The van der Waals surface area contributed by atoms with Crippen molar-refractivity contribution in [1.82, 2.24) is 67.4 Å². The number of urea groups is 1. The van der Waals surface area contributed by atoms with Crippen molar-refractivity contribution in [3.63, 3.8) is 0 Å². The third-order valence-electron chi connectivity index (χ3n) is 10.7. The number of fused-ring (bicyclic) bond motifs is 1. The molecule has 3 rings (SSSR count). The number of hydrogen-bond acceptors (Lipinski definition) is 18. The molecule has 1 fully saturated rings. The summed E-state index contributed by atoms with van der Waals surface area (Å²) < 4.78 is 19.5. The van der Waals surface area contributed by atoms with Crippen molar-refractivity contribution in [2.45, 2.75) is 102 Å². The fraction of sp³-hybridized carbons (Fsp3) is 0.814. The second kappa shape index (κ2) is 38.0. The summed E-state index contributed by atoms with van der Waals surface area (Å²) in [6.45, 7) is 14.1. The smallest absolute Gasteiger partial charge is 0.407 e. The first-order chi connectivity index (χ1) is 32.5. The zero-order valence-electron chi connectivity index (χ0n) is 39.5. The Kier molecular flexibility index (Phi) is 32.4. The van der Waals surface area contributed by atoms with Crippen LogP contribution in [-0.2, 0) is 14.2 Å². The van der Waals surface area contributed by atoms with Crippen LogP contribution < -0.4 is 70.4 Å². The average Bonchev–Trinajstić information content (AvgIpc) is 3.93. The van der Waals surface area contributed by atoms with E-state index >= 15 is 0 Å². The number of amides is 4. The Labute approximate surface area is 391 Å². The molecule has 0 unspecified atom stereocenters. The highest BCUT2D eigenvalue weighted by molar-refractivity contribution is 5.95. The predicted octanol–water partition coefficient (Wildman–Crippen LogP) is 0.151. The second-order valence-electron chi connectivity index (χ2n) is 16.3. The number of ether oxygens (including phenoxy) is 3. The zero-order valence-corrected chi connectivity index (χ0v) is 39.5. The quantitative estimate of drug-likeness (QED) is 0.0395. The van der Waals surface area contributed by atoms with Crippen LogP contribution in [0, 0.1) is 0 Å². The topological polar surface area (TPSA) is 321 Å². The molecule has 3 heterocycles. The molecule has 1 saturated heterocycles. The average molecular weight is 936 g/mol. The molecule has 0 bridgehead atoms. The molecule has 0 saturated carbocycles. The van der Waals surface area contributed by atoms with Crippen molar-refractivity contribution in [3.05, 3.63) is 12.7 Å². The molecule has 0 aromatic carbocycles. The highest BCUT2D eigenvalue weighted by Crippen LogP contribution is 2.33. The van der Waals surface area contributed by atoms with Gasteiger partial charge in [0.15, 0.2) is 17.0 Å². The number of alkyl carbamates (subject to hydrolysis) is 2. The van der Waals surface area contributed by atoms with E-state index in [1.165, 1.54) is 6.33 Å². The molecule has 1 aliphatic rings. The van der Waals surface area contributed by atoms with Crippen molar-refractivity contribution in [2.24, 2.45) is 17.2 Å². The van der Waals surface area contributed by atoms with Gasteiger partial charge in [-0.2, -0.15) is 0 Å². The summed E-state index contributed by atoms with van der Waals surface area (Å²) in [6.07, 6.45) is 11.4. The first-order valence-corrected chi connectivity index (χ1v) is 24.5. The lowest BCUT2D eigenvalue weighted by atomic mass is 10.2. The maximum Gasteiger partial charge on any atom is 0.407 e. The lowest BCUT2D eigenvalue weighted by Gasteiger charge is -2.19. The van der Waals surface area contributed by atoms with Gasteiger partial charge < -0.3 is 79.3 Å². The molecule has 378 valence electrons. The molecule has 0 aliphatic carbocycles. The minimum absolute atomic E-state index is 0.151. The number of anilines is 1. The number of carbonyl (C=O) groups is 3. The van der Waals surface area contributed by atoms with Gasteiger partial charge in [-0.15, -0.1) is 0 Å². The minimum atomic E-state index is -0.773. The van der Waals surface area contributed by atoms with E-state index in [9.17, 15) is 14.4 Å². The number of aromatic nitrogens is 4. The lowest BCUT2D eigenvalue weighted by Crippen LogP contribution is -2.38. The Balaban J connectivity index is 1.45. The highest BCUT2D eigenvalue weighted by atomic mass is 16.6. The summed E-state index contributed by atoms with van der Waals surface area (Å²) in [4.78, 5) is 51.7. The van der Waals surface area contributed by atoms with E-state index in [0.717, 1.165) is 156 Å². The van der Waals surface area contributed by atoms with Gasteiger partial charge in [0.1, 0.15) is 31.4 Å². The third-order valence-corrected chi connectivity index (χ3v) is 10.7. The summed E-state index contributed by atoms with van der Waals surface area (Å²) in [5.74, 6) is 0.238. The summed E-state index contributed by atoms with van der Waals surface area (Å²) in [5, 5.41) is 31.6. The van der Waals surface area contributed by atoms with Gasteiger partial charge in [-0.05, 0) is 175 Å². The zero-order chi connectivity index (χ0) is 47.1. The fourth-order valence-electron chi connectivity index (χ4n) is 6.99. The molecule has 0 spiro atoms. The first-order valence-electron chi connectivity index (χ1n) is 24.5. The number of nitrogens with two attached hydrogens (primary N) is 3. The number of rotatable bonds is 41. The van der Waals surface area contributed by atoms with Crippen LogP contribution in [0.1, 0.15) is 89.7 Å². The van der Waals surface area contributed by atoms with Crippen molar-refractivity contribution in [1.29, 1.82) is 0 Å². The Bertz CT molecular complexity index is 1540. The summed E-state index contributed by atoms with van der Waals surface area (Å²) in [6, 6.07) is -0.410. The number of hydrogen-bond donors (Lipinski definition) is 13. The highest BCUT2D eigenvalue weighted by Gasteiger charge is 2.40. The molecular formula is C43H85N17O6. The van der Waals surface area contributed by atoms with E-state index in [4.69, 9.17) is 31.4 Å². The van der Waals surface area contributed by atoms with E-state index in [1.54, 1.807) is 10.9 Å². The number of unbranched alkanes of at least 4 members (excludes halogenated alkanes) is 3. The van der Waals surface area contributed by atoms with Gasteiger partial charge in [-0.25, -0.2) is 29.3 Å². The Morgan fingerprint density at radius 3 is 1.53 bits per heavy atom. The standard InChI is InChI=1S/C43H85N17O6/c44-13-7-22-47-16-1-4-19-50-25-10-28-53-41(61)59-39-38-40(57-33-56-39)60(34-58-38)37-31-35(66-43(63)55-30-12-27-52-21-6-3-18-49-24-9-15-46)36(65-37)32-64-42(62)54-29-11-26-51-20-5-2-17-48-23-8-14-45/h33-37,47-52H,1-32,44-46H2,(H,54,62)(H,55,63)(H2,53,56,57,59,61)/t35-,36+,37+/m0/s1. The number of nitrogens with one attached hydrogen (secondary N) is 10. The van der Waals surface area contributed by atoms with Crippen LogP contribution in [-0.4, -0.2) is 174 Å². The second-order valence-corrected chi connectivity index (χ2v) is 16.3. The van der Waals surface area contributed by atoms with Crippen molar-refractivity contribution < 1.29 is 28.6 Å². The van der Waals surface area contributed by atoms with Gasteiger partial charge in [-0.1, -0.05) is 0 Å². The molecule has 3 atom stereocenters. The molecule has 2 aromatic heterocycles. The summed E-state index contributed by atoms with van der Waals surface area (Å²) in [7, 11) is 0. The van der Waals surface area contributed by atoms with Crippen molar-refractivity contribution >= 4 is 35.2 Å². The van der Waals surface area contributed by atoms with Gasteiger partial charge in [0.2, 0.25) is 0 Å². The number of nitrogens with zero attached hydrogens (tertiary/aromatic N) is 4. The van der Waals surface area contributed by atoms with E-state index in [2.05, 4.69) is 68.1 Å². The van der Waals surface area contributed by atoms with Gasteiger partial charge in [0, 0.05) is 26.1 Å². The lowest BCUT2D eigenvalue weighted by molar-refractivity contribution is -0.0488. The van der Waals surface area contributed by atoms with Crippen LogP contribution in [0.3, 0.4) is 0 Å². The van der Waals surface area contributed by atoms with Gasteiger partial charge >= 0.3 is 18.2 Å². The van der Waals surface area contributed by atoms with Crippen molar-refractivity contribution in [2.75, 3.05) is 130 Å². The first kappa shape index (κ1) is 56.3. The molecule has 16 N–H and O–H groups in total. The van der Waals surface area contributed by atoms with E-state index in [0.29, 0.717) is 50.4 Å². The monoisotopic (exact) mass is 936 g/mol. The molecule has 2 aromatic rings. The SMILES string of the molecule is NCCCNCCCCNCCCNC(=O)Nc1ncnc2c1ncn2[C@H]1C[C@H](OC(=O)NCCCNCCCCNCCCN)[C@@H](COC(=O)NCCCNCCCCNCCCN)O1. The van der Waals surface area contributed by atoms with Crippen LogP contribution in [0.15, 0.2) is 12.7 Å². The Hall–Kier alpha value is -4.04. The van der Waals surface area contributed by atoms with E-state index in [1.807, 2.05) is 0 Å². The Morgan fingerprint density at radius 1 is 0.576 bits per heavy atom. The molecule has 4 amide bonds. The normalized spacial score (nSPS) is 15.8. The maximum absolute atomic E-state index is 13.0. The van der Waals surface area contributed by atoms with Crippen LogP contribution in [0.25, 0.3) is 11.2 Å². The Morgan fingerprint density at radius 2 is 1.03 bits per heavy atom. The molecule has 23 nitrogen and oxygen atoms in total.